The van der Waals surface area contributed by atoms with E-state index in [0.29, 0.717) is 12.5 Å². The number of piperidine rings is 1. The van der Waals surface area contributed by atoms with Gasteiger partial charge in [-0.1, -0.05) is 24.3 Å². The molecular weight excluding hydrogens is 393 g/mol. The number of hydrogen-bond donors (Lipinski definition) is 2. The molecule has 0 aromatic heterocycles. The van der Waals surface area contributed by atoms with Crippen molar-refractivity contribution < 1.29 is 14.3 Å². The number of likely N-dealkylation sites (tertiary alicyclic amines) is 2. The quantitative estimate of drug-likeness (QED) is 0.714. The second kappa shape index (κ2) is 10.2. The minimum Gasteiger partial charge on any atom is -0.508 e. The van der Waals surface area contributed by atoms with Crippen LogP contribution in [0.5, 0.6) is 5.75 Å². The summed E-state index contributed by atoms with van der Waals surface area (Å²) in [6.07, 6.45) is 3.44. The molecule has 166 valence electrons. The van der Waals surface area contributed by atoms with Crippen molar-refractivity contribution in [3.63, 3.8) is 0 Å². The Morgan fingerprint density at radius 2 is 1.65 bits per heavy atom. The fourth-order valence-electron chi connectivity index (χ4n) is 4.88. The minimum absolute atomic E-state index is 0.0566. The Morgan fingerprint density at radius 1 is 0.968 bits per heavy atom. The van der Waals surface area contributed by atoms with E-state index in [1.165, 1.54) is 25.0 Å². The molecule has 2 aliphatic rings. The molecule has 2 heterocycles. The summed E-state index contributed by atoms with van der Waals surface area (Å²) in [4.78, 5) is 17.9. The smallest absolute Gasteiger partial charge is 0.224 e. The third kappa shape index (κ3) is 6.28. The van der Waals surface area contributed by atoms with Gasteiger partial charge in [0.1, 0.15) is 11.6 Å². The Balaban J connectivity index is 1.39. The van der Waals surface area contributed by atoms with Crippen LogP contribution in [0.1, 0.15) is 30.4 Å². The maximum atomic E-state index is 13.1. The molecule has 0 radical (unpaired) electrons. The highest BCUT2D eigenvalue weighted by molar-refractivity contribution is 5.79. The van der Waals surface area contributed by atoms with Gasteiger partial charge in [0.15, 0.2) is 0 Å². The lowest BCUT2D eigenvalue weighted by Gasteiger charge is -2.38. The lowest BCUT2D eigenvalue weighted by atomic mass is 9.87. The van der Waals surface area contributed by atoms with Crippen molar-refractivity contribution in [1.29, 1.82) is 0 Å². The molecule has 6 heteroatoms. The van der Waals surface area contributed by atoms with E-state index in [9.17, 15) is 14.3 Å². The van der Waals surface area contributed by atoms with Crippen molar-refractivity contribution in [2.24, 2.45) is 11.8 Å². The van der Waals surface area contributed by atoms with Gasteiger partial charge in [-0.3, -0.25) is 9.69 Å². The highest BCUT2D eigenvalue weighted by Gasteiger charge is 2.32. The summed E-state index contributed by atoms with van der Waals surface area (Å²) < 4.78 is 13.1. The Labute approximate surface area is 183 Å². The summed E-state index contributed by atoms with van der Waals surface area (Å²) in [5.41, 5.74) is 2.05. The summed E-state index contributed by atoms with van der Waals surface area (Å²) in [5.74, 6) is 0.486. The molecule has 0 aliphatic carbocycles. The van der Waals surface area contributed by atoms with E-state index in [0.717, 1.165) is 56.8 Å². The van der Waals surface area contributed by atoms with Crippen molar-refractivity contribution in [1.82, 2.24) is 15.1 Å². The van der Waals surface area contributed by atoms with E-state index in [1.807, 2.05) is 12.1 Å². The molecule has 2 saturated heterocycles. The third-order valence-corrected chi connectivity index (χ3v) is 6.42. The number of carbonyl (C=O) groups excluding carboxylic acids is 1. The Bertz CT molecular complexity index is 850. The van der Waals surface area contributed by atoms with Crippen molar-refractivity contribution in [2.45, 2.75) is 32.4 Å². The highest BCUT2D eigenvalue weighted by Crippen LogP contribution is 2.26. The number of nitrogens with zero attached hydrogens (tertiary/aromatic N) is 2. The average Bonchev–Trinajstić information content (AvgIpc) is 3.27. The van der Waals surface area contributed by atoms with Gasteiger partial charge in [0.25, 0.3) is 0 Å². The maximum Gasteiger partial charge on any atom is 0.224 e. The average molecular weight is 426 g/mol. The number of carbonyl (C=O) groups is 1. The number of benzene rings is 2. The lowest BCUT2D eigenvalue weighted by Crippen LogP contribution is -2.48. The van der Waals surface area contributed by atoms with Crippen molar-refractivity contribution in [2.75, 3.05) is 32.7 Å². The second-order valence-electron chi connectivity index (χ2n) is 9.01. The van der Waals surface area contributed by atoms with E-state index in [1.54, 1.807) is 24.3 Å². The zero-order valence-electron chi connectivity index (χ0n) is 18.0. The van der Waals surface area contributed by atoms with Crippen LogP contribution in [0.4, 0.5) is 4.39 Å². The molecule has 5 nitrogen and oxygen atoms in total. The summed E-state index contributed by atoms with van der Waals surface area (Å²) in [6.45, 7) is 6.29. The SMILES string of the molecule is O=C(NCc1ccc(F)cc1)[C@@H]1C[C@H](CN2CCCC2)CN(Cc2ccc(O)cc2)C1. The largest absolute Gasteiger partial charge is 0.508 e. The summed E-state index contributed by atoms with van der Waals surface area (Å²) in [6, 6.07) is 13.6. The third-order valence-electron chi connectivity index (χ3n) is 6.42. The van der Waals surface area contributed by atoms with Gasteiger partial charge >= 0.3 is 0 Å². The molecule has 31 heavy (non-hydrogen) atoms. The fraction of sp³-hybridized carbons (Fsp3) is 0.480. The summed E-state index contributed by atoms with van der Waals surface area (Å²) in [7, 11) is 0. The van der Waals surface area contributed by atoms with Gasteiger partial charge in [-0.15, -0.1) is 0 Å². The van der Waals surface area contributed by atoms with Crippen LogP contribution in [0.3, 0.4) is 0 Å². The van der Waals surface area contributed by atoms with Crippen LogP contribution >= 0.6 is 0 Å². The Kier molecular flexibility index (Phi) is 7.20. The van der Waals surface area contributed by atoms with E-state index in [-0.39, 0.29) is 23.4 Å². The molecule has 0 unspecified atom stereocenters. The topological polar surface area (TPSA) is 55.8 Å². The van der Waals surface area contributed by atoms with E-state index < -0.39 is 0 Å². The molecule has 4 rings (SSSR count). The molecule has 2 aromatic rings. The minimum atomic E-state index is -0.267. The van der Waals surface area contributed by atoms with Crippen LogP contribution in [-0.4, -0.2) is 53.5 Å². The predicted molar refractivity (Wildman–Crippen MR) is 119 cm³/mol. The van der Waals surface area contributed by atoms with Crippen LogP contribution in [0.2, 0.25) is 0 Å². The summed E-state index contributed by atoms with van der Waals surface area (Å²) in [5, 5.41) is 12.6. The number of rotatable bonds is 7. The standard InChI is InChI=1S/C25H32FN3O2/c26-23-7-3-19(4-8-23)14-27-25(31)22-13-21(16-28-11-1-2-12-28)17-29(18-22)15-20-5-9-24(30)10-6-20/h3-10,21-22,30H,1-2,11-18H2,(H,27,31)/t21-,22-/m1/s1. The molecule has 0 saturated carbocycles. The molecular formula is C25H32FN3O2. The van der Waals surface area contributed by atoms with Gasteiger partial charge in [0.2, 0.25) is 5.91 Å². The van der Waals surface area contributed by atoms with Gasteiger partial charge < -0.3 is 15.3 Å². The first kappa shape index (κ1) is 21.8. The van der Waals surface area contributed by atoms with E-state index >= 15 is 0 Å². The first-order valence-electron chi connectivity index (χ1n) is 11.3. The number of hydrogen-bond acceptors (Lipinski definition) is 4. The number of amides is 1. The molecule has 2 aromatic carbocycles. The molecule has 2 N–H and O–H groups in total. The highest BCUT2D eigenvalue weighted by atomic mass is 19.1. The van der Waals surface area contributed by atoms with Crippen molar-refractivity contribution >= 4 is 5.91 Å². The maximum absolute atomic E-state index is 13.1. The zero-order chi connectivity index (χ0) is 21.6. The first-order chi connectivity index (χ1) is 15.0. The monoisotopic (exact) mass is 425 g/mol. The molecule has 2 aliphatic heterocycles. The number of halogens is 1. The zero-order valence-corrected chi connectivity index (χ0v) is 18.0. The molecule has 1 amide bonds. The number of aromatic hydroxyl groups is 1. The molecule has 2 fully saturated rings. The van der Waals surface area contributed by atoms with Gasteiger partial charge in [0.05, 0.1) is 5.92 Å². The van der Waals surface area contributed by atoms with Crippen molar-refractivity contribution in [3.05, 3.63) is 65.5 Å². The molecule has 0 bridgehead atoms. The van der Waals surface area contributed by atoms with E-state index in [4.69, 9.17) is 0 Å². The number of phenols is 1. The first-order valence-corrected chi connectivity index (χ1v) is 11.3. The van der Waals surface area contributed by atoms with Crippen LogP contribution < -0.4 is 5.32 Å². The van der Waals surface area contributed by atoms with Crippen LogP contribution in [0, 0.1) is 17.7 Å². The van der Waals surface area contributed by atoms with Crippen LogP contribution in [-0.2, 0) is 17.9 Å². The fourth-order valence-corrected chi connectivity index (χ4v) is 4.88. The molecule has 0 spiro atoms. The predicted octanol–water partition coefficient (Wildman–Crippen LogP) is 3.38. The number of nitrogens with one attached hydrogen (secondary N) is 1. The van der Waals surface area contributed by atoms with E-state index in [2.05, 4.69) is 15.1 Å². The van der Waals surface area contributed by atoms with Gasteiger partial charge in [-0.05, 0) is 73.7 Å². The summed E-state index contributed by atoms with van der Waals surface area (Å²) >= 11 is 0. The molecule has 2 atom stereocenters. The van der Waals surface area contributed by atoms with Crippen LogP contribution in [0.25, 0.3) is 0 Å². The van der Waals surface area contributed by atoms with Gasteiger partial charge in [0, 0.05) is 32.7 Å². The van der Waals surface area contributed by atoms with Crippen LogP contribution in [0.15, 0.2) is 48.5 Å². The lowest BCUT2D eigenvalue weighted by molar-refractivity contribution is -0.127. The van der Waals surface area contributed by atoms with Gasteiger partial charge in [-0.25, -0.2) is 4.39 Å². The van der Waals surface area contributed by atoms with Gasteiger partial charge in [-0.2, -0.15) is 0 Å². The Morgan fingerprint density at radius 3 is 2.35 bits per heavy atom. The number of phenolic OH excluding ortho intramolecular Hbond substituents is 1. The van der Waals surface area contributed by atoms with Crippen molar-refractivity contribution in [3.8, 4) is 5.75 Å². The second-order valence-corrected chi connectivity index (χ2v) is 9.01. The Hall–Kier alpha value is -2.44. The normalized spacial score (nSPS) is 22.5.